The average molecular weight is 304 g/mol. The van der Waals surface area contributed by atoms with Crippen molar-refractivity contribution >= 4 is 21.9 Å². The SMILES string of the molecule is C=C(C)C(=O)NC(C(C)(C)NC(=O)C(=C)C)S(=O)(=O)O. The Kier molecular flexibility index (Phi) is 5.67. The normalized spacial score (nSPS) is 13.2. The fourth-order valence-electron chi connectivity index (χ4n) is 1.33. The third kappa shape index (κ3) is 5.14. The molecule has 3 N–H and O–H groups in total. The highest BCUT2D eigenvalue weighted by Crippen LogP contribution is 2.15. The second kappa shape index (κ2) is 6.19. The first-order valence-corrected chi connectivity index (χ1v) is 7.20. The molecule has 0 aliphatic carbocycles. The molecule has 0 aromatic heterocycles. The van der Waals surface area contributed by atoms with Crippen molar-refractivity contribution in [3.05, 3.63) is 24.3 Å². The molecular weight excluding hydrogens is 284 g/mol. The lowest BCUT2D eigenvalue weighted by molar-refractivity contribution is -0.121. The van der Waals surface area contributed by atoms with Crippen LogP contribution in [0.15, 0.2) is 24.3 Å². The minimum absolute atomic E-state index is 0.0701. The number of hydrogen-bond donors (Lipinski definition) is 3. The quantitative estimate of drug-likeness (QED) is 0.484. The Bertz CT molecular complexity index is 548. The number of carbonyl (C=O) groups is 2. The molecular formula is C12H20N2O5S. The van der Waals surface area contributed by atoms with Gasteiger partial charge in [0.25, 0.3) is 10.1 Å². The lowest BCUT2D eigenvalue weighted by Gasteiger charge is -2.33. The van der Waals surface area contributed by atoms with Crippen LogP contribution in [-0.2, 0) is 19.7 Å². The Balaban J connectivity index is 5.43. The van der Waals surface area contributed by atoms with Crippen molar-refractivity contribution in [3.8, 4) is 0 Å². The van der Waals surface area contributed by atoms with Crippen molar-refractivity contribution in [2.75, 3.05) is 0 Å². The second-order valence-corrected chi connectivity index (χ2v) is 6.61. The topological polar surface area (TPSA) is 113 Å². The summed E-state index contributed by atoms with van der Waals surface area (Å²) in [4.78, 5) is 23.1. The molecule has 0 aromatic carbocycles. The fourth-order valence-corrected chi connectivity index (χ4v) is 2.39. The molecule has 0 aliphatic rings. The molecule has 20 heavy (non-hydrogen) atoms. The first-order chi connectivity index (χ1) is 8.79. The molecule has 114 valence electrons. The van der Waals surface area contributed by atoms with E-state index in [1.54, 1.807) is 0 Å². The summed E-state index contributed by atoms with van der Waals surface area (Å²) < 4.78 is 32.1. The summed E-state index contributed by atoms with van der Waals surface area (Å²) in [6.45, 7) is 12.3. The van der Waals surface area contributed by atoms with E-state index in [-0.39, 0.29) is 11.1 Å². The van der Waals surface area contributed by atoms with E-state index >= 15 is 0 Å². The van der Waals surface area contributed by atoms with Crippen LogP contribution in [0.25, 0.3) is 0 Å². The highest BCUT2D eigenvalue weighted by molar-refractivity contribution is 7.86. The van der Waals surface area contributed by atoms with Crippen molar-refractivity contribution in [2.45, 2.75) is 38.6 Å². The zero-order valence-electron chi connectivity index (χ0n) is 12.0. The van der Waals surface area contributed by atoms with Gasteiger partial charge in [0.15, 0.2) is 5.37 Å². The molecule has 0 aromatic rings. The Labute approximate surface area is 118 Å². The maximum Gasteiger partial charge on any atom is 0.288 e. The summed E-state index contributed by atoms with van der Waals surface area (Å²) in [5.74, 6) is -1.33. The number of rotatable bonds is 6. The lowest BCUT2D eigenvalue weighted by atomic mass is 10.0. The van der Waals surface area contributed by atoms with Crippen molar-refractivity contribution in [2.24, 2.45) is 0 Å². The number of nitrogens with one attached hydrogen (secondary N) is 2. The Hall–Kier alpha value is -1.67. The molecule has 0 saturated heterocycles. The zero-order chi connectivity index (χ0) is 16.3. The predicted molar refractivity (Wildman–Crippen MR) is 75.3 cm³/mol. The molecule has 0 saturated carbocycles. The van der Waals surface area contributed by atoms with Gasteiger partial charge in [-0.25, -0.2) is 0 Å². The van der Waals surface area contributed by atoms with E-state index in [1.807, 2.05) is 0 Å². The number of hydrogen-bond acceptors (Lipinski definition) is 4. The minimum atomic E-state index is -4.64. The maximum absolute atomic E-state index is 11.6. The van der Waals surface area contributed by atoms with Crippen LogP contribution in [0.4, 0.5) is 0 Å². The van der Waals surface area contributed by atoms with Crippen LogP contribution in [-0.4, -0.2) is 35.7 Å². The summed E-state index contributed by atoms with van der Waals surface area (Å²) in [6, 6.07) is 0. The largest absolute Gasteiger partial charge is 0.344 e. The third-order valence-corrected chi connectivity index (χ3v) is 3.73. The Morgan fingerprint density at radius 3 is 1.80 bits per heavy atom. The minimum Gasteiger partial charge on any atom is -0.344 e. The molecule has 0 fully saturated rings. The fraction of sp³-hybridized carbons (Fsp3) is 0.500. The van der Waals surface area contributed by atoms with Crippen molar-refractivity contribution < 1.29 is 22.6 Å². The van der Waals surface area contributed by atoms with E-state index < -0.39 is 32.8 Å². The van der Waals surface area contributed by atoms with Crippen molar-refractivity contribution in [1.82, 2.24) is 10.6 Å². The molecule has 2 amide bonds. The van der Waals surface area contributed by atoms with Crippen LogP contribution in [0.2, 0.25) is 0 Å². The summed E-state index contributed by atoms with van der Waals surface area (Å²) in [6.07, 6.45) is 0. The molecule has 0 aliphatic heterocycles. The van der Waals surface area contributed by atoms with Gasteiger partial charge >= 0.3 is 0 Å². The predicted octanol–water partition coefficient (Wildman–Crippen LogP) is 0.364. The van der Waals surface area contributed by atoms with Gasteiger partial charge in [0.05, 0.1) is 5.54 Å². The molecule has 0 spiro atoms. The summed E-state index contributed by atoms with van der Waals surface area (Å²) in [5.41, 5.74) is -1.21. The van der Waals surface area contributed by atoms with Crippen LogP contribution in [0.1, 0.15) is 27.7 Å². The number of carbonyl (C=O) groups excluding carboxylic acids is 2. The number of amides is 2. The zero-order valence-corrected chi connectivity index (χ0v) is 12.8. The van der Waals surface area contributed by atoms with E-state index in [9.17, 15) is 22.6 Å². The summed E-state index contributed by atoms with van der Waals surface area (Å²) in [7, 11) is -4.64. The van der Waals surface area contributed by atoms with Gasteiger partial charge in [-0.3, -0.25) is 14.1 Å². The molecule has 7 nitrogen and oxygen atoms in total. The first-order valence-electron chi connectivity index (χ1n) is 5.69. The molecule has 1 atom stereocenters. The van der Waals surface area contributed by atoms with Gasteiger partial charge in [0, 0.05) is 11.1 Å². The van der Waals surface area contributed by atoms with Crippen LogP contribution in [0, 0.1) is 0 Å². The lowest BCUT2D eigenvalue weighted by Crippen LogP contribution is -2.62. The smallest absolute Gasteiger partial charge is 0.288 e. The van der Waals surface area contributed by atoms with Gasteiger partial charge in [0.2, 0.25) is 11.8 Å². The van der Waals surface area contributed by atoms with Crippen LogP contribution < -0.4 is 10.6 Å². The first kappa shape index (κ1) is 18.3. The maximum atomic E-state index is 11.6. The van der Waals surface area contributed by atoms with Crippen LogP contribution in [0.3, 0.4) is 0 Å². The van der Waals surface area contributed by atoms with E-state index in [0.717, 1.165) is 0 Å². The van der Waals surface area contributed by atoms with E-state index in [0.29, 0.717) is 0 Å². The molecule has 0 radical (unpaired) electrons. The molecule has 0 heterocycles. The van der Waals surface area contributed by atoms with E-state index in [2.05, 4.69) is 23.8 Å². The van der Waals surface area contributed by atoms with Gasteiger partial charge in [-0.05, 0) is 27.7 Å². The van der Waals surface area contributed by atoms with Crippen LogP contribution in [0.5, 0.6) is 0 Å². The molecule has 1 unspecified atom stereocenters. The summed E-state index contributed by atoms with van der Waals surface area (Å²) >= 11 is 0. The van der Waals surface area contributed by atoms with Gasteiger partial charge in [0.1, 0.15) is 0 Å². The second-order valence-electron chi connectivity index (χ2n) is 5.10. The van der Waals surface area contributed by atoms with E-state index in [1.165, 1.54) is 27.7 Å². The van der Waals surface area contributed by atoms with Gasteiger partial charge < -0.3 is 10.6 Å². The van der Waals surface area contributed by atoms with Gasteiger partial charge in [-0.1, -0.05) is 13.2 Å². The highest BCUT2D eigenvalue weighted by atomic mass is 32.2. The van der Waals surface area contributed by atoms with Gasteiger partial charge in [-0.2, -0.15) is 8.42 Å². The molecule has 8 heteroatoms. The monoisotopic (exact) mass is 304 g/mol. The molecule has 0 bridgehead atoms. The van der Waals surface area contributed by atoms with Crippen LogP contribution >= 0.6 is 0 Å². The van der Waals surface area contributed by atoms with Crippen molar-refractivity contribution in [1.29, 1.82) is 0 Å². The molecule has 0 rings (SSSR count). The van der Waals surface area contributed by atoms with E-state index in [4.69, 9.17) is 0 Å². The van der Waals surface area contributed by atoms with Crippen molar-refractivity contribution in [3.63, 3.8) is 0 Å². The highest BCUT2D eigenvalue weighted by Gasteiger charge is 2.41. The average Bonchev–Trinajstić information content (AvgIpc) is 2.22. The third-order valence-electron chi connectivity index (χ3n) is 2.43. The van der Waals surface area contributed by atoms with Gasteiger partial charge in [-0.15, -0.1) is 0 Å². The Morgan fingerprint density at radius 1 is 1.10 bits per heavy atom. The standard InChI is InChI=1S/C12H20N2O5S/c1-7(2)9(15)13-11(20(17,18)19)12(5,6)14-10(16)8(3)4/h11H,1,3H2,2,4-6H3,(H,13,15)(H,14,16)(H,17,18,19). The Morgan fingerprint density at radius 2 is 1.50 bits per heavy atom. The summed E-state index contributed by atoms with van der Waals surface area (Å²) in [5, 5.41) is 2.78.